The van der Waals surface area contributed by atoms with Gasteiger partial charge in [-0.05, 0) is 63.1 Å². The van der Waals surface area contributed by atoms with Crippen LogP contribution in [0.15, 0.2) is 59.7 Å². The molecule has 0 saturated carbocycles. The highest BCUT2D eigenvalue weighted by molar-refractivity contribution is 7.14. The molecule has 2 heterocycles. The number of phenols is 2. The lowest BCUT2D eigenvalue weighted by molar-refractivity contribution is 0.0225. The number of fused-ring (bicyclic) bond motifs is 1. The van der Waals surface area contributed by atoms with Crippen molar-refractivity contribution in [3.8, 4) is 11.5 Å². The van der Waals surface area contributed by atoms with Crippen LogP contribution < -0.4 is 5.43 Å². The summed E-state index contributed by atoms with van der Waals surface area (Å²) in [6.07, 6.45) is 0.261. The summed E-state index contributed by atoms with van der Waals surface area (Å²) in [7, 11) is 0. The van der Waals surface area contributed by atoms with E-state index in [1.54, 1.807) is 47.4 Å². The van der Waals surface area contributed by atoms with Crippen molar-refractivity contribution >= 4 is 29.0 Å². The quantitative estimate of drug-likeness (QED) is 0.362. The second-order valence-corrected chi connectivity index (χ2v) is 10.3. The Morgan fingerprint density at radius 3 is 2.20 bits per heavy atom. The number of hydrazone groups is 1. The summed E-state index contributed by atoms with van der Waals surface area (Å²) in [5, 5.41) is 25.0. The van der Waals surface area contributed by atoms with Crippen LogP contribution >= 0.6 is 11.3 Å². The second-order valence-electron chi connectivity index (χ2n) is 9.15. The minimum Gasteiger partial charge on any atom is -0.507 e. The third kappa shape index (κ3) is 5.63. The molecule has 1 aromatic heterocycles. The number of rotatable bonds is 4. The zero-order valence-electron chi connectivity index (χ0n) is 19.7. The van der Waals surface area contributed by atoms with Gasteiger partial charge in [0.2, 0.25) is 0 Å². The predicted octanol–water partition coefficient (Wildman–Crippen LogP) is 4.63. The van der Waals surface area contributed by atoms with Crippen LogP contribution in [0.4, 0.5) is 4.79 Å². The smallest absolute Gasteiger partial charge is 0.410 e. The highest BCUT2D eigenvalue weighted by Gasteiger charge is 2.28. The first-order chi connectivity index (χ1) is 16.6. The molecular formula is C26H27N3O5S. The zero-order chi connectivity index (χ0) is 25.2. The predicted molar refractivity (Wildman–Crippen MR) is 134 cm³/mol. The number of hydrogen-bond acceptors (Lipinski definition) is 7. The van der Waals surface area contributed by atoms with Crippen LogP contribution in [0.25, 0.3) is 0 Å². The molecule has 0 saturated heterocycles. The van der Waals surface area contributed by atoms with Gasteiger partial charge in [0.05, 0.1) is 11.4 Å². The standard InChI is InChI=1S/C26H27N3O5S/c1-26(2,3)34-25(33)29-13-12-21-16(15-29)14-22(35-21)24(32)28-27-23(17-8-4-6-10-19(17)30)18-9-5-7-11-20(18)31/h4-11,14,30-31H,12-13,15H2,1-3H3,(H,28,32). The lowest BCUT2D eigenvalue weighted by Crippen LogP contribution is -2.39. The molecule has 1 aliphatic rings. The molecule has 0 bridgehead atoms. The maximum Gasteiger partial charge on any atom is 0.410 e. The third-order valence-corrected chi connectivity index (χ3v) is 6.57. The van der Waals surface area contributed by atoms with E-state index in [9.17, 15) is 19.8 Å². The Hall–Kier alpha value is -3.85. The number of carbonyl (C=O) groups is 2. The third-order valence-electron chi connectivity index (χ3n) is 5.33. The molecule has 8 nitrogen and oxygen atoms in total. The Labute approximate surface area is 207 Å². The van der Waals surface area contributed by atoms with Gasteiger partial charge in [-0.3, -0.25) is 4.79 Å². The highest BCUT2D eigenvalue weighted by Crippen LogP contribution is 2.29. The number of ether oxygens (including phenoxy) is 1. The van der Waals surface area contributed by atoms with Crippen molar-refractivity contribution < 1.29 is 24.5 Å². The molecule has 4 rings (SSSR count). The molecule has 2 aromatic carbocycles. The van der Waals surface area contributed by atoms with E-state index in [0.29, 0.717) is 35.5 Å². The molecule has 0 radical (unpaired) electrons. The molecule has 182 valence electrons. The SMILES string of the molecule is CC(C)(C)OC(=O)N1CCc2sc(C(=O)NN=C(c3ccccc3O)c3ccccc3O)cc2C1. The van der Waals surface area contributed by atoms with Crippen molar-refractivity contribution in [2.75, 3.05) is 6.54 Å². The van der Waals surface area contributed by atoms with Gasteiger partial charge in [0.1, 0.15) is 22.8 Å². The first-order valence-electron chi connectivity index (χ1n) is 11.2. The monoisotopic (exact) mass is 493 g/mol. The van der Waals surface area contributed by atoms with E-state index in [4.69, 9.17) is 4.74 Å². The van der Waals surface area contributed by atoms with Gasteiger partial charge in [0.15, 0.2) is 0 Å². The number of para-hydroxylation sites is 2. The Bertz CT molecular complexity index is 1240. The summed E-state index contributed by atoms with van der Waals surface area (Å²) in [6, 6.07) is 14.9. The van der Waals surface area contributed by atoms with E-state index < -0.39 is 11.5 Å². The van der Waals surface area contributed by atoms with Crippen molar-refractivity contribution in [2.24, 2.45) is 5.10 Å². The van der Waals surface area contributed by atoms with E-state index in [1.807, 2.05) is 20.8 Å². The molecule has 2 amide bonds. The number of thiophene rings is 1. The summed E-state index contributed by atoms with van der Waals surface area (Å²) < 4.78 is 5.47. The van der Waals surface area contributed by atoms with Gasteiger partial charge in [0.25, 0.3) is 5.91 Å². The van der Waals surface area contributed by atoms with Gasteiger partial charge in [0, 0.05) is 22.5 Å². The molecule has 0 aliphatic carbocycles. The number of benzene rings is 2. The molecule has 9 heteroatoms. The molecule has 3 N–H and O–H groups in total. The fourth-order valence-corrected chi connectivity index (χ4v) is 4.76. The molecule has 0 spiro atoms. The van der Waals surface area contributed by atoms with Gasteiger partial charge >= 0.3 is 6.09 Å². The Balaban J connectivity index is 1.56. The van der Waals surface area contributed by atoms with Crippen molar-refractivity contribution in [3.05, 3.63) is 81.0 Å². The highest BCUT2D eigenvalue weighted by atomic mass is 32.1. The Morgan fingerprint density at radius 2 is 1.63 bits per heavy atom. The van der Waals surface area contributed by atoms with Crippen LogP contribution in [0, 0.1) is 0 Å². The van der Waals surface area contributed by atoms with Gasteiger partial charge in [-0.25, -0.2) is 10.2 Å². The van der Waals surface area contributed by atoms with Crippen molar-refractivity contribution in [1.29, 1.82) is 0 Å². The van der Waals surface area contributed by atoms with Gasteiger partial charge in [-0.1, -0.05) is 24.3 Å². The van der Waals surface area contributed by atoms with Crippen LogP contribution in [0.1, 0.15) is 52.0 Å². The first kappa shape index (κ1) is 24.3. The van der Waals surface area contributed by atoms with Crippen LogP contribution in [0.2, 0.25) is 0 Å². The molecule has 1 aliphatic heterocycles. The van der Waals surface area contributed by atoms with E-state index in [0.717, 1.165) is 10.4 Å². The average Bonchev–Trinajstić information content (AvgIpc) is 3.23. The normalized spacial score (nSPS) is 13.1. The van der Waals surface area contributed by atoms with Crippen molar-refractivity contribution in [1.82, 2.24) is 10.3 Å². The minimum absolute atomic E-state index is 0.0300. The summed E-state index contributed by atoms with van der Waals surface area (Å²) in [4.78, 5) is 28.5. The molecule has 3 aromatic rings. The van der Waals surface area contributed by atoms with Crippen LogP contribution in [0.3, 0.4) is 0 Å². The van der Waals surface area contributed by atoms with Crippen LogP contribution in [0.5, 0.6) is 11.5 Å². The lowest BCUT2D eigenvalue weighted by atomic mass is 10.0. The maximum atomic E-state index is 13.0. The van der Waals surface area contributed by atoms with Crippen molar-refractivity contribution in [3.63, 3.8) is 0 Å². The molecule has 0 unspecified atom stereocenters. The largest absolute Gasteiger partial charge is 0.507 e. The first-order valence-corrected chi connectivity index (χ1v) is 12.0. The molecule has 0 fully saturated rings. The number of amides is 2. The second kappa shape index (κ2) is 9.79. The fraction of sp³-hybridized carbons (Fsp3) is 0.269. The van der Waals surface area contributed by atoms with Crippen molar-refractivity contribution in [2.45, 2.75) is 39.3 Å². The van der Waals surface area contributed by atoms with E-state index in [-0.39, 0.29) is 23.3 Å². The van der Waals surface area contributed by atoms with Gasteiger partial charge < -0.3 is 19.8 Å². The lowest BCUT2D eigenvalue weighted by Gasteiger charge is -2.29. The zero-order valence-corrected chi connectivity index (χ0v) is 20.6. The number of hydrogen-bond donors (Lipinski definition) is 3. The number of nitrogens with zero attached hydrogens (tertiary/aromatic N) is 2. The Kier molecular flexibility index (Phi) is 6.79. The number of aromatic hydroxyl groups is 2. The van der Waals surface area contributed by atoms with Gasteiger partial charge in [-0.2, -0.15) is 5.10 Å². The summed E-state index contributed by atoms with van der Waals surface area (Å²) in [6.45, 7) is 6.37. The van der Waals surface area contributed by atoms with E-state index in [1.165, 1.54) is 23.5 Å². The maximum absolute atomic E-state index is 13.0. The average molecular weight is 494 g/mol. The summed E-state index contributed by atoms with van der Waals surface area (Å²) in [5.41, 5.74) is 3.85. The summed E-state index contributed by atoms with van der Waals surface area (Å²) >= 11 is 1.36. The molecule has 35 heavy (non-hydrogen) atoms. The van der Waals surface area contributed by atoms with E-state index in [2.05, 4.69) is 10.5 Å². The topological polar surface area (TPSA) is 111 Å². The van der Waals surface area contributed by atoms with E-state index >= 15 is 0 Å². The minimum atomic E-state index is -0.576. The fourth-order valence-electron chi connectivity index (χ4n) is 3.70. The Morgan fingerprint density at radius 1 is 1.03 bits per heavy atom. The molecule has 0 atom stereocenters. The number of carbonyl (C=O) groups excluding carboxylic acids is 2. The molecular weight excluding hydrogens is 466 g/mol. The van der Waals surface area contributed by atoms with Gasteiger partial charge in [-0.15, -0.1) is 11.3 Å². The number of phenolic OH excluding ortho intramolecular Hbond substituents is 2. The van der Waals surface area contributed by atoms with Crippen LogP contribution in [-0.4, -0.2) is 45.0 Å². The number of nitrogens with one attached hydrogen (secondary N) is 1. The van der Waals surface area contributed by atoms with Crippen LogP contribution in [-0.2, 0) is 17.7 Å². The summed E-state index contributed by atoms with van der Waals surface area (Å²) in [5.74, 6) is -0.480.